The minimum atomic E-state index is -1.46. The minimum Gasteiger partial charge on any atom is -0.374 e. The van der Waals surface area contributed by atoms with Crippen molar-refractivity contribution in [2.45, 2.75) is 25.2 Å². The number of rotatable bonds is 2. The van der Waals surface area contributed by atoms with E-state index < -0.39 is 17.7 Å². The Bertz CT molecular complexity index is 918. The number of benzene rings is 1. The van der Waals surface area contributed by atoms with Gasteiger partial charge < -0.3 is 15.9 Å². The van der Waals surface area contributed by atoms with E-state index in [-0.39, 0.29) is 5.69 Å². The van der Waals surface area contributed by atoms with Crippen molar-refractivity contribution in [1.29, 1.82) is 0 Å². The summed E-state index contributed by atoms with van der Waals surface area (Å²) in [6.45, 7) is 2.47. The summed E-state index contributed by atoms with van der Waals surface area (Å²) in [5, 5.41) is 20.6. The second-order valence-corrected chi connectivity index (χ2v) is 6.50. The molecule has 1 saturated heterocycles. The number of aliphatic hydroxyl groups is 2. The second kappa shape index (κ2) is 6.84. The SMILES string of the molecule is Cc1cc(C#C[C@]2(O)CCN(C)C2O)cc(-c2nccc(C(N)=O)n2)c1. The third-order valence-corrected chi connectivity index (χ3v) is 4.36. The van der Waals surface area contributed by atoms with Crippen LogP contribution >= 0.6 is 0 Å². The van der Waals surface area contributed by atoms with Crippen molar-refractivity contribution in [2.24, 2.45) is 5.73 Å². The molecule has 0 spiro atoms. The zero-order chi connectivity index (χ0) is 18.9. The summed E-state index contributed by atoms with van der Waals surface area (Å²) in [7, 11) is 1.73. The molecule has 2 atom stereocenters. The van der Waals surface area contributed by atoms with Crippen molar-refractivity contribution < 1.29 is 15.0 Å². The van der Waals surface area contributed by atoms with Crippen LogP contribution in [-0.2, 0) is 0 Å². The first-order valence-electron chi connectivity index (χ1n) is 8.17. The number of carbonyl (C=O) groups is 1. The number of aryl methyl sites for hydroxylation is 1. The van der Waals surface area contributed by atoms with Crippen molar-refractivity contribution in [1.82, 2.24) is 14.9 Å². The number of carbonyl (C=O) groups excluding carboxylic acids is 1. The zero-order valence-electron chi connectivity index (χ0n) is 14.6. The van der Waals surface area contributed by atoms with Crippen LogP contribution in [0.1, 0.15) is 28.0 Å². The number of primary amides is 1. The van der Waals surface area contributed by atoms with Crippen molar-refractivity contribution in [3.05, 3.63) is 47.3 Å². The molecule has 134 valence electrons. The Morgan fingerprint density at radius 2 is 2.19 bits per heavy atom. The van der Waals surface area contributed by atoms with E-state index in [1.165, 1.54) is 12.3 Å². The van der Waals surface area contributed by atoms with Gasteiger partial charge in [0, 0.05) is 30.3 Å². The summed E-state index contributed by atoms with van der Waals surface area (Å²) >= 11 is 0. The van der Waals surface area contributed by atoms with Gasteiger partial charge in [-0.25, -0.2) is 9.97 Å². The van der Waals surface area contributed by atoms with Gasteiger partial charge >= 0.3 is 0 Å². The van der Waals surface area contributed by atoms with E-state index in [0.29, 0.717) is 29.9 Å². The summed E-state index contributed by atoms with van der Waals surface area (Å²) in [6, 6.07) is 6.96. The molecular formula is C19H20N4O3. The summed E-state index contributed by atoms with van der Waals surface area (Å²) in [5.41, 5.74) is 6.22. The van der Waals surface area contributed by atoms with E-state index in [1.54, 1.807) is 18.0 Å². The van der Waals surface area contributed by atoms with Crippen LogP contribution in [0.3, 0.4) is 0 Å². The molecule has 1 unspecified atom stereocenters. The van der Waals surface area contributed by atoms with Gasteiger partial charge in [-0.2, -0.15) is 0 Å². The lowest BCUT2D eigenvalue weighted by Crippen LogP contribution is -2.42. The molecule has 1 fully saturated rings. The Hall–Kier alpha value is -2.79. The van der Waals surface area contributed by atoms with Crippen molar-refractivity contribution in [3.63, 3.8) is 0 Å². The van der Waals surface area contributed by atoms with Gasteiger partial charge in [-0.3, -0.25) is 9.69 Å². The summed E-state index contributed by atoms with van der Waals surface area (Å²) in [6.07, 6.45) is 0.832. The predicted molar refractivity (Wildman–Crippen MR) is 95.8 cm³/mol. The fourth-order valence-electron chi connectivity index (χ4n) is 2.89. The second-order valence-electron chi connectivity index (χ2n) is 6.50. The summed E-state index contributed by atoms with van der Waals surface area (Å²) in [4.78, 5) is 21.3. The van der Waals surface area contributed by atoms with E-state index in [0.717, 1.165) is 5.56 Å². The maximum atomic E-state index is 11.3. The maximum absolute atomic E-state index is 11.3. The van der Waals surface area contributed by atoms with Crippen LogP contribution in [0.4, 0.5) is 0 Å². The number of hydrogen-bond acceptors (Lipinski definition) is 6. The largest absolute Gasteiger partial charge is 0.374 e. The monoisotopic (exact) mass is 352 g/mol. The highest BCUT2D eigenvalue weighted by Gasteiger charge is 2.42. The molecule has 1 aliphatic rings. The number of amides is 1. The van der Waals surface area contributed by atoms with Crippen LogP contribution in [0.25, 0.3) is 11.4 Å². The molecule has 0 radical (unpaired) electrons. The number of hydrogen-bond donors (Lipinski definition) is 3. The molecule has 4 N–H and O–H groups in total. The minimum absolute atomic E-state index is 0.135. The molecule has 2 heterocycles. The molecule has 1 aliphatic heterocycles. The third kappa shape index (κ3) is 3.58. The highest BCUT2D eigenvalue weighted by molar-refractivity contribution is 5.91. The van der Waals surface area contributed by atoms with Gasteiger partial charge in [-0.05, 0) is 43.8 Å². The lowest BCUT2D eigenvalue weighted by molar-refractivity contribution is -0.0633. The van der Waals surface area contributed by atoms with Gasteiger partial charge in [0.1, 0.15) is 11.9 Å². The Morgan fingerprint density at radius 3 is 2.85 bits per heavy atom. The number of likely N-dealkylation sites (tertiary alicyclic amines) is 1. The summed E-state index contributed by atoms with van der Waals surface area (Å²) < 4.78 is 0. The molecular weight excluding hydrogens is 332 g/mol. The van der Waals surface area contributed by atoms with E-state index in [4.69, 9.17) is 5.73 Å². The number of nitrogens with zero attached hydrogens (tertiary/aromatic N) is 3. The quantitative estimate of drug-likeness (QED) is 0.670. The first-order valence-corrected chi connectivity index (χ1v) is 8.17. The molecule has 0 aliphatic carbocycles. The lowest BCUT2D eigenvalue weighted by atomic mass is 10.0. The molecule has 0 bridgehead atoms. The van der Waals surface area contributed by atoms with Gasteiger partial charge in [-0.1, -0.05) is 11.8 Å². The first kappa shape index (κ1) is 18.0. The average Bonchev–Trinajstić information content (AvgIpc) is 2.88. The first-order chi connectivity index (χ1) is 12.3. The van der Waals surface area contributed by atoms with Crippen LogP contribution in [0.5, 0.6) is 0 Å². The van der Waals surface area contributed by atoms with E-state index in [1.807, 2.05) is 19.1 Å². The Morgan fingerprint density at radius 1 is 1.42 bits per heavy atom. The highest BCUT2D eigenvalue weighted by Crippen LogP contribution is 2.25. The molecule has 1 aromatic heterocycles. The van der Waals surface area contributed by atoms with Gasteiger partial charge in [0.05, 0.1) is 0 Å². The zero-order valence-corrected chi connectivity index (χ0v) is 14.6. The lowest BCUT2D eigenvalue weighted by Gasteiger charge is -2.22. The fraction of sp³-hybridized carbons (Fsp3) is 0.316. The molecule has 3 rings (SSSR count). The molecule has 7 heteroatoms. The average molecular weight is 352 g/mol. The van der Waals surface area contributed by atoms with Gasteiger partial charge in [-0.15, -0.1) is 0 Å². The Labute approximate surface area is 151 Å². The van der Waals surface area contributed by atoms with Crippen LogP contribution < -0.4 is 5.73 Å². The van der Waals surface area contributed by atoms with E-state index in [2.05, 4.69) is 21.8 Å². The molecule has 0 saturated carbocycles. The van der Waals surface area contributed by atoms with Gasteiger partial charge in [0.15, 0.2) is 11.4 Å². The molecule has 1 aromatic carbocycles. The standard InChI is InChI=1S/C19H20N4O3/c1-12-9-13(3-5-19(26)6-8-23(2)18(19)25)11-14(10-12)17-21-7-4-15(22-17)16(20)24/h4,7,9-11,18,25-26H,6,8H2,1-2H3,(H2,20,24)/t18?,19-/m0/s1. The predicted octanol–water partition coefficient (Wildman–Crippen LogP) is 0.287. The van der Waals surface area contributed by atoms with Crippen molar-refractivity contribution in [3.8, 4) is 23.2 Å². The number of aromatic nitrogens is 2. The van der Waals surface area contributed by atoms with Crippen LogP contribution in [0, 0.1) is 18.8 Å². The number of likely N-dealkylation sites (N-methyl/N-ethyl adjacent to an activating group) is 1. The smallest absolute Gasteiger partial charge is 0.267 e. The third-order valence-electron chi connectivity index (χ3n) is 4.36. The Balaban J connectivity index is 1.96. The summed E-state index contributed by atoms with van der Waals surface area (Å²) in [5.74, 6) is 5.47. The normalized spacial score (nSPS) is 22.7. The molecule has 7 nitrogen and oxygen atoms in total. The maximum Gasteiger partial charge on any atom is 0.267 e. The Kier molecular flexibility index (Phi) is 4.74. The number of nitrogens with two attached hydrogens (primary N) is 1. The van der Waals surface area contributed by atoms with Gasteiger partial charge in [0.2, 0.25) is 0 Å². The number of aliphatic hydroxyl groups excluding tert-OH is 1. The molecule has 1 amide bonds. The molecule has 2 aromatic rings. The molecule has 26 heavy (non-hydrogen) atoms. The topological polar surface area (TPSA) is 113 Å². The highest BCUT2D eigenvalue weighted by atomic mass is 16.4. The van der Waals surface area contributed by atoms with Crippen LogP contribution in [-0.4, -0.2) is 56.4 Å². The van der Waals surface area contributed by atoms with Crippen molar-refractivity contribution in [2.75, 3.05) is 13.6 Å². The van der Waals surface area contributed by atoms with Gasteiger partial charge in [0.25, 0.3) is 5.91 Å². The van der Waals surface area contributed by atoms with E-state index >= 15 is 0 Å². The van der Waals surface area contributed by atoms with E-state index in [9.17, 15) is 15.0 Å². The van der Waals surface area contributed by atoms with Crippen LogP contribution in [0.15, 0.2) is 30.5 Å². The fourth-order valence-corrected chi connectivity index (χ4v) is 2.89. The van der Waals surface area contributed by atoms with Crippen LogP contribution in [0.2, 0.25) is 0 Å². The van der Waals surface area contributed by atoms with Crippen molar-refractivity contribution >= 4 is 5.91 Å².